The molecule has 0 bridgehead atoms. The van der Waals surface area contributed by atoms with E-state index in [9.17, 15) is 0 Å². The van der Waals surface area contributed by atoms with Gasteiger partial charge in [0.25, 0.3) is 0 Å². The number of halogens is 1. The summed E-state index contributed by atoms with van der Waals surface area (Å²) in [6.07, 6.45) is 5.44. The second kappa shape index (κ2) is 4.80. The molecule has 3 heterocycles. The van der Waals surface area contributed by atoms with E-state index in [-0.39, 0.29) is 0 Å². The molecule has 19 heavy (non-hydrogen) atoms. The summed E-state index contributed by atoms with van der Waals surface area (Å²) < 4.78 is 3.01. The molecule has 7 heteroatoms. The van der Waals surface area contributed by atoms with Crippen LogP contribution < -0.4 is 9.80 Å². The molecule has 0 saturated carbocycles. The number of hydrogen-bond acceptors (Lipinski definition) is 5. The quantitative estimate of drug-likeness (QED) is 0.858. The Morgan fingerprint density at radius 3 is 2.74 bits per heavy atom. The van der Waals surface area contributed by atoms with Crippen LogP contribution in [0, 0.1) is 0 Å². The topological polar surface area (TPSA) is 50.1 Å². The molecule has 0 amide bonds. The predicted octanol–water partition coefficient (Wildman–Crippen LogP) is 1.56. The maximum absolute atomic E-state index is 4.33. The number of anilines is 2. The molecule has 0 spiro atoms. The van der Waals surface area contributed by atoms with Gasteiger partial charge < -0.3 is 9.80 Å². The summed E-state index contributed by atoms with van der Waals surface area (Å²) in [5, 5.41) is 4.31. The number of nitrogens with zero attached hydrogens (tertiary/aromatic N) is 6. The van der Waals surface area contributed by atoms with Gasteiger partial charge in [-0.15, -0.1) is 0 Å². The maximum Gasteiger partial charge on any atom is 0.134 e. The highest BCUT2D eigenvalue weighted by atomic mass is 79.9. The molecule has 1 saturated heterocycles. The third kappa shape index (κ3) is 2.42. The van der Waals surface area contributed by atoms with Crippen molar-refractivity contribution in [1.82, 2.24) is 19.7 Å². The van der Waals surface area contributed by atoms with E-state index in [1.54, 1.807) is 6.33 Å². The molecule has 100 valence electrons. The molecule has 0 radical (unpaired) electrons. The Balaban J connectivity index is 1.68. The monoisotopic (exact) mass is 322 g/mol. The predicted molar refractivity (Wildman–Crippen MR) is 77.5 cm³/mol. The van der Waals surface area contributed by atoms with Crippen LogP contribution >= 0.6 is 15.9 Å². The lowest BCUT2D eigenvalue weighted by atomic mass is 10.1. The van der Waals surface area contributed by atoms with E-state index in [0.717, 1.165) is 29.2 Å². The first kappa shape index (κ1) is 12.4. The van der Waals surface area contributed by atoms with Crippen LogP contribution in [0.3, 0.4) is 0 Å². The van der Waals surface area contributed by atoms with Crippen molar-refractivity contribution < 1.29 is 0 Å². The van der Waals surface area contributed by atoms with Crippen molar-refractivity contribution in [3.8, 4) is 0 Å². The number of hydrogen-bond donors (Lipinski definition) is 0. The van der Waals surface area contributed by atoms with Crippen LogP contribution in [0.25, 0.3) is 0 Å². The van der Waals surface area contributed by atoms with E-state index >= 15 is 0 Å². The highest BCUT2D eigenvalue weighted by Crippen LogP contribution is 2.27. The third-order valence-electron chi connectivity index (χ3n) is 3.23. The fourth-order valence-electron chi connectivity index (χ4n) is 2.08. The highest BCUT2D eigenvalue weighted by molar-refractivity contribution is 9.10. The minimum atomic E-state index is 0.420. The molecule has 0 unspecified atom stereocenters. The summed E-state index contributed by atoms with van der Waals surface area (Å²) in [7, 11) is 3.96. The molecule has 2 aromatic rings. The van der Waals surface area contributed by atoms with Crippen LogP contribution in [-0.2, 0) is 0 Å². The lowest BCUT2D eigenvalue weighted by molar-refractivity contribution is 0.365. The van der Waals surface area contributed by atoms with Crippen LogP contribution in [0.5, 0.6) is 0 Å². The van der Waals surface area contributed by atoms with Crippen LogP contribution in [0.4, 0.5) is 11.6 Å². The average molecular weight is 323 g/mol. The SMILES string of the molecule is CN(C)c1cc(N2CC(n3cc(Br)cn3)C2)ncn1. The van der Waals surface area contributed by atoms with Crippen LogP contribution in [-0.4, -0.2) is 46.9 Å². The Hall–Kier alpha value is -1.63. The van der Waals surface area contributed by atoms with Crippen molar-refractivity contribution in [3.63, 3.8) is 0 Å². The lowest BCUT2D eigenvalue weighted by Gasteiger charge is -2.40. The Labute approximate surface area is 120 Å². The maximum atomic E-state index is 4.33. The van der Waals surface area contributed by atoms with Crippen molar-refractivity contribution in [1.29, 1.82) is 0 Å². The minimum absolute atomic E-state index is 0.420. The molecule has 1 aliphatic rings. The van der Waals surface area contributed by atoms with E-state index in [1.807, 2.05) is 42.1 Å². The number of rotatable bonds is 3. The van der Waals surface area contributed by atoms with Gasteiger partial charge in [0.2, 0.25) is 0 Å². The van der Waals surface area contributed by atoms with E-state index in [1.165, 1.54) is 0 Å². The summed E-state index contributed by atoms with van der Waals surface area (Å²) in [5.41, 5.74) is 0. The van der Waals surface area contributed by atoms with E-state index in [0.29, 0.717) is 6.04 Å². The van der Waals surface area contributed by atoms with Gasteiger partial charge in [-0.05, 0) is 15.9 Å². The van der Waals surface area contributed by atoms with Crippen LogP contribution in [0.2, 0.25) is 0 Å². The first-order valence-electron chi connectivity index (χ1n) is 6.07. The highest BCUT2D eigenvalue weighted by Gasteiger charge is 2.30. The van der Waals surface area contributed by atoms with Crippen molar-refractivity contribution in [2.45, 2.75) is 6.04 Å². The summed E-state index contributed by atoms with van der Waals surface area (Å²) in [4.78, 5) is 12.8. The summed E-state index contributed by atoms with van der Waals surface area (Å²) in [6.45, 7) is 1.86. The minimum Gasteiger partial charge on any atom is -0.363 e. The Morgan fingerprint density at radius 2 is 2.11 bits per heavy atom. The largest absolute Gasteiger partial charge is 0.363 e. The average Bonchev–Trinajstić information content (AvgIpc) is 2.74. The first-order valence-corrected chi connectivity index (χ1v) is 6.87. The van der Waals surface area contributed by atoms with Crippen molar-refractivity contribution in [2.75, 3.05) is 37.0 Å². The molecule has 1 aliphatic heterocycles. The van der Waals surface area contributed by atoms with Gasteiger partial charge >= 0.3 is 0 Å². The van der Waals surface area contributed by atoms with Gasteiger partial charge in [0.15, 0.2) is 0 Å². The van der Waals surface area contributed by atoms with Crippen LogP contribution in [0.1, 0.15) is 6.04 Å². The molecular formula is C12H15BrN6. The summed E-state index contributed by atoms with van der Waals surface area (Å²) >= 11 is 3.42. The Morgan fingerprint density at radius 1 is 1.32 bits per heavy atom. The van der Waals surface area contributed by atoms with Gasteiger partial charge in [0.1, 0.15) is 18.0 Å². The smallest absolute Gasteiger partial charge is 0.134 e. The first-order chi connectivity index (χ1) is 9.13. The molecule has 3 rings (SSSR count). The zero-order valence-corrected chi connectivity index (χ0v) is 12.4. The van der Waals surface area contributed by atoms with Gasteiger partial charge in [-0.25, -0.2) is 9.97 Å². The van der Waals surface area contributed by atoms with Crippen LogP contribution in [0.15, 0.2) is 29.3 Å². The van der Waals surface area contributed by atoms with Crippen molar-refractivity contribution in [3.05, 3.63) is 29.3 Å². The zero-order chi connectivity index (χ0) is 13.4. The standard InChI is InChI=1S/C12H15BrN6/c1-17(2)11-3-12(15-8-14-11)18-6-10(7-18)19-5-9(13)4-16-19/h3-5,8,10H,6-7H2,1-2H3. The van der Waals surface area contributed by atoms with E-state index in [4.69, 9.17) is 0 Å². The van der Waals surface area contributed by atoms with Crippen molar-refractivity contribution in [2.24, 2.45) is 0 Å². The second-order valence-corrected chi connectivity index (χ2v) is 5.74. The van der Waals surface area contributed by atoms with Gasteiger partial charge in [-0.3, -0.25) is 4.68 Å². The lowest BCUT2D eigenvalue weighted by Crippen LogP contribution is -2.48. The summed E-state index contributed by atoms with van der Waals surface area (Å²) in [5.74, 6) is 1.90. The van der Waals surface area contributed by atoms with Crippen molar-refractivity contribution >= 4 is 27.6 Å². The molecule has 2 aromatic heterocycles. The molecular weight excluding hydrogens is 308 g/mol. The molecule has 0 atom stereocenters. The fourth-order valence-corrected chi connectivity index (χ4v) is 2.38. The molecule has 0 aromatic carbocycles. The zero-order valence-electron chi connectivity index (χ0n) is 10.9. The Kier molecular flexibility index (Phi) is 3.14. The molecule has 0 N–H and O–H groups in total. The van der Waals surface area contributed by atoms with Gasteiger partial charge in [-0.1, -0.05) is 0 Å². The normalized spacial score (nSPS) is 15.4. The summed E-state index contributed by atoms with van der Waals surface area (Å²) in [6, 6.07) is 2.43. The van der Waals surface area contributed by atoms with Gasteiger partial charge in [0.05, 0.1) is 16.7 Å². The second-order valence-electron chi connectivity index (χ2n) is 4.83. The third-order valence-corrected chi connectivity index (χ3v) is 3.64. The molecule has 0 aliphatic carbocycles. The van der Waals surface area contributed by atoms with E-state index in [2.05, 4.69) is 35.9 Å². The fraction of sp³-hybridized carbons (Fsp3) is 0.417. The molecule has 1 fully saturated rings. The number of aromatic nitrogens is 4. The van der Waals surface area contributed by atoms with E-state index < -0.39 is 0 Å². The molecule has 6 nitrogen and oxygen atoms in total. The van der Waals surface area contributed by atoms with Gasteiger partial charge in [0, 0.05) is 39.4 Å². The van der Waals surface area contributed by atoms with Gasteiger partial charge in [-0.2, -0.15) is 5.10 Å². The Bertz CT molecular complexity index is 575.